The summed E-state index contributed by atoms with van der Waals surface area (Å²) in [7, 11) is -1.67. The third-order valence-corrected chi connectivity index (χ3v) is 10.6. The first-order valence-electron chi connectivity index (χ1n) is 15.2. The van der Waals surface area contributed by atoms with Crippen molar-refractivity contribution >= 4 is 38.2 Å². The Morgan fingerprint density at radius 2 is 1.71 bits per heavy atom. The number of rotatable bonds is 9. The Bertz CT molecular complexity index is 2040. The van der Waals surface area contributed by atoms with Crippen molar-refractivity contribution in [3.05, 3.63) is 95.2 Å². The minimum Gasteiger partial charge on any atom is -0.381 e. The van der Waals surface area contributed by atoms with Gasteiger partial charge < -0.3 is 15.5 Å². The lowest BCUT2D eigenvalue weighted by Crippen LogP contribution is -2.24. The molecular formula is C34H35N7O3S. The quantitative estimate of drug-likeness (QED) is 0.227. The number of nitrogens with one attached hydrogen (secondary N) is 2. The van der Waals surface area contributed by atoms with Gasteiger partial charge in [0.25, 0.3) is 5.56 Å². The first-order valence-corrected chi connectivity index (χ1v) is 16.7. The van der Waals surface area contributed by atoms with E-state index in [2.05, 4.69) is 32.5 Å². The van der Waals surface area contributed by atoms with Gasteiger partial charge in [-0.15, -0.1) is 0 Å². The van der Waals surface area contributed by atoms with Crippen LogP contribution in [0.25, 0.3) is 22.2 Å². The highest BCUT2D eigenvalue weighted by atomic mass is 32.2. The van der Waals surface area contributed by atoms with E-state index in [1.54, 1.807) is 42.0 Å². The Balaban J connectivity index is 1.22. The fourth-order valence-corrected chi connectivity index (χ4v) is 7.55. The van der Waals surface area contributed by atoms with Crippen molar-refractivity contribution in [2.24, 2.45) is 5.92 Å². The van der Waals surface area contributed by atoms with Crippen molar-refractivity contribution in [2.75, 3.05) is 30.8 Å². The van der Waals surface area contributed by atoms with Crippen LogP contribution in [0, 0.1) is 12.8 Å². The lowest BCUT2D eigenvalue weighted by Gasteiger charge is -2.16. The number of anilines is 3. The summed E-state index contributed by atoms with van der Waals surface area (Å²) in [6.45, 7) is 4.42. The van der Waals surface area contributed by atoms with E-state index in [1.165, 1.54) is 24.5 Å². The van der Waals surface area contributed by atoms with Crippen molar-refractivity contribution in [3.63, 3.8) is 0 Å². The van der Waals surface area contributed by atoms with E-state index in [9.17, 15) is 13.2 Å². The molecule has 10 nitrogen and oxygen atoms in total. The second-order valence-corrected chi connectivity index (χ2v) is 14.0. The molecule has 2 aromatic carbocycles. The number of aromatic nitrogens is 4. The minimum absolute atomic E-state index is 0.156. The molecule has 3 aromatic heterocycles. The van der Waals surface area contributed by atoms with Crippen LogP contribution in [0.5, 0.6) is 0 Å². The summed E-state index contributed by atoms with van der Waals surface area (Å²) in [5, 5.41) is 7.59. The minimum atomic E-state index is -3.81. The van der Waals surface area contributed by atoms with E-state index in [4.69, 9.17) is 4.98 Å². The zero-order chi connectivity index (χ0) is 31.1. The Hall–Kier alpha value is -4.61. The summed E-state index contributed by atoms with van der Waals surface area (Å²) in [5.41, 5.74) is 3.78. The second kappa shape index (κ2) is 11.7. The summed E-state index contributed by atoms with van der Waals surface area (Å²) in [4.78, 5) is 30.1. The summed E-state index contributed by atoms with van der Waals surface area (Å²) in [6.07, 6.45) is 7.88. The van der Waals surface area contributed by atoms with Gasteiger partial charge in [-0.3, -0.25) is 14.3 Å². The van der Waals surface area contributed by atoms with Crippen LogP contribution in [0.15, 0.2) is 93.8 Å². The molecule has 0 spiro atoms. The fraction of sp³-hybridized carbons (Fsp3) is 0.294. The fourth-order valence-electron chi connectivity index (χ4n) is 6.05. The molecule has 230 valence electrons. The molecule has 1 saturated carbocycles. The highest BCUT2D eigenvalue weighted by molar-refractivity contribution is 7.91. The number of fused-ring (bicyclic) bond motifs is 1. The van der Waals surface area contributed by atoms with E-state index in [-0.39, 0.29) is 15.4 Å². The molecule has 5 aromatic rings. The smallest absolute Gasteiger partial charge is 0.260 e. The topological polar surface area (TPSA) is 122 Å². The highest BCUT2D eigenvalue weighted by Gasteiger charge is 2.26. The highest BCUT2D eigenvalue weighted by Crippen LogP contribution is 2.34. The van der Waals surface area contributed by atoms with Crippen LogP contribution in [0.1, 0.15) is 24.8 Å². The molecule has 4 heterocycles. The number of sulfone groups is 1. The van der Waals surface area contributed by atoms with Crippen molar-refractivity contribution in [1.29, 1.82) is 0 Å². The Kier molecular flexibility index (Phi) is 7.58. The van der Waals surface area contributed by atoms with E-state index < -0.39 is 9.84 Å². The molecule has 1 saturated heterocycles. The number of hydrogen-bond donors (Lipinski definition) is 2. The van der Waals surface area contributed by atoms with Gasteiger partial charge in [0.15, 0.2) is 0 Å². The van der Waals surface area contributed by atoms with E-state index in [0.29, 0.717) is 52.2 Å². The molecular weight excluding hydrogens is 586 g/mol. The lowest BCUT2D eigenvalue weighted by molar-refractivity contribution is 0.414. The molecule has 1 unspecified atom stereocenters. The van der Waals surface area contributed by atoms with Gasteiger partial charge in [0.2, 0.25) is 15.8 Å². The molecule has 2 fully saturated rings. The van der Waals surface area contributed by atoms with Crippen LogP contribution >= 0.6 is 0 Å². The van der Waals surface area contributed by atoms with Crippen LogP contribution in [-0.4, -0.2) is 59.0 Å². The number of benzene rings is 2. The molecule has 7 rings (SSSR count). The maximum atomic E-state index is 14.1. The monoisotopic (exact) mass is 621 g/mol. The molecule has 1 aliphatic carbocycles. The molecule has 1 aliphatic heterocycles. The van der Waals surface area contributed by atoms with Gasteiger partial charge in [-0.05, 0) is 105 Å². The molecule has 0 bridgehead atoms. The van der Waals surface area contributed by atoms with Crippen LogP contribution < -0.4 is 16.2 Å². The average molecular weight is 622 g/mol. The Morgan fingerprint density at radius 1 is 0.956 bits per heavy atom. The molecule has 1 atom stereocenters. The SMILES string of the molecule is Cc1c(-c2cc3cnc(Nc4ccc(NC5CCN(C)C5)cc4)nc3n(CC3CC3)c2=O)cccc1S(=O)(=O)c1ccncc1. The number of nitrogens with zero attached hydrogens (tertiary/aromatic N) is 5. The van der Waals surface area contributed by atoms with Gasteiger partial charge in [0.05, 0.1) is 9.79 Å². The van der Waals surface area contributed by atoms with Crippen LogP contribution in [0.4, 0.5) is 17.3 Å². The summed E-state index contributed by atoms with van der Waals surface area (Å²) >= 11 is 0. The van der Waals surface area contributed by atoms with Crippen LogP contribution in [0.2, 0.25) is 0 Å². The van der Waals surface area contributed by atoms with Crippen LogP contribution in [0.3, 0.4) is 0 Å². The maximum Gasteiger partial charge on any atom is 0.260 e. The van der Waals surface area contributed by atoms with Gasteiger partial charge >= 0.3 is 0 Å². The van der Waals surface area contributed by atoms with Crippen molar-refractivity contribution in [3.8, 4) is 11.1 Å². The Labute approximate surface area is 262 Å². The second-order valence-electron chi connectivity index (χ2n) is 12.1. The van der Waals surface area contributed by atoms with Crippen molar-refractivity contribution in [2.45, 2.75) is 48.6 Å². The van der Waals surface area contributed by atoms with E-state index in [1.807, 2.05) is 24.3 Å². The third kappa shape index (κ3) is 5.93. The Morgan fingerprint density at radius 3 is 2.42 bits per heavy atom. The van der Waals surface area contributed by atoms with E-state index >= 15 is 0 Å². The van der Waals surface area contributed by atoms with Crippen LogP contribution in [-0.2, 0) is 16.4 Å². The molecule has 11 heteroatoms. The van der Waals surface area contributed by atoms with E-state index in [0.717, 1.165) is 43.7 Å². The van der Waals surface area contributed by atoms with Gasteiger partial charge in [-0.1, -0.05) is 12.1 Å². The summed E-state index contributed by atoms with van der Waals surface area (Å²) in [6, 6.07) is 18.3. The number of hydrogen-bond acceptors (Lipinski definition) is 9. The molecule has 0 radical (unpaired) electrons. The predicted molar refractivity (Wildman–Crippen MR) is 176 cm³/mol. The average Bonchev–Trinajstić information content (AvgIpc) is 3.78. The lowest BCUT2D eigenvalue weighted by atomic mass is 10.0. The first-order chi connectivity index (χ1) is 21.8. The summed E-state index contributed by atoms with van der Waals surface area (Å²) < 4.78 is 28.7. The number of likely N-dealkylation sites (N-methyl/N-ethyl adjacent to an activating group) is 1. The normalized spacial score (nSPS) is 17.1. The maximum absolute atomic E-state index is 14.1. The number of pyridine rings is 2. The first kappa shape index (κ1) is 29.1. The standard InChI is InChI=1S/C34H35N7O3S/c1-22-29(4-3-5-31(22)45(43,44)28-12-15-35-16-13-28)30-18-24-19-36-34(39-32(24)41(33(30)42)20-23-6-7-23)38-26-10-8-25(9-11-26)37-27-14-17-40(2)21-27/h3-5,8-13,15-16,18-19,23,27,37H,6-7,14,17,20-21H2,1-2H3,(H,36,38,39). The molecule has 0 amide bonds. The zero-order valence-corrected chi connectivity index (χ0v) is 26.1. The third-order valence-electron chi connectivity index (χ3n) is 8.69. The molecule has 2 N–H and O–H groups in total. The zero-order valence-electron chi connectivity index (χ0n) is 25.3. The van der Waals surface area contributed by atoms with Gasteiger partial charge in [0, 0.05) is 60.0 Å². The van der Waals surface area contributed by atoms with Crippen molar-refractivity contribution < 1.29 is 8.42 Å². The van der Waals surface area contributed by atoms with Gasteiger partial charge in [-0.2, -0.15) is 4.98 Å². The van der Waals surface area contributed by atoms with Crippen molar-refractivity contribution in [1.82, 2.24) is 24.4 Å². The summed E-state index contributed by atoms with van der Waals surface area (Å²) in [5.74, 6) is 0.811. The van der Waals surface area contributed by atoms with Gasteiger partial charge in [-0.25, -0.2) is 13.4 Å². The predicted octanol–water partition coefficient (Wildman–Crippen LogP) is 5.26. The largest absolute Gasteiger partial charge is 0.381 e. The molecule has 2 aliphatic rings. The van der Waals surface area contributed by atoms with Gasteiger partial charge in [0.1, 0.15) is 5.65 Å². The number of likely N-dealkylation sites (tertiary alicyclic amines) is 1. The molecule has 45 heavy (non-hydrogen) atoms.